The van der Waals surface area contributed by atoms with Gasteiger partial charge in [0, 0.05) is 29.4 Å². The number of fused-ring (bicyclic) bond motifs is 1. The van der Waals surface area contributed by atoms with Gasteiger partial charge in [0.05, 0.1) is 19.7 Å². The van der Waals surface area contributed by atoms with E-state index in [9.17, 15) is 14.7 Å². The number of methoxy groups -OCH3 is 1. The van der Waals surface area contributed by atoms with Crippen molar-refractivity contribution in [1.29, 1.82) is 0 Å². The number of carbonyl (C=O) groups is 2. The van der Waals surface area contributed by atoms with Crippen molar-refractivity contribution >= 4 is 17.8 Å². The van der Waals surface area contributed by atoms with Crippen molar-refractivity contribution in [3.63, 3.8) is 0 Å². The highest BCUT2D eigenvalue weighted by Gasteiger charge is 2.38. The first-order valence-electron chi connectivity index (χ1n) is 11.7. The Bertz CT molecular complexity index is 1260. The molecule has 2 amide bonds. The van der Waals surface area contributed by atoms with E-state index >= 15 is 0 Å². The molecule has 0 spiro atoms. The Kier molecular flexibility index (Phi) is 6.56. The van der Waals surface area contributed by atoms with Gasteiger partial charge in [0.15, 0.2) is 5.82 Å². The molecule has 1 unspecified atom stereocenters. The van der Waals surface area contributed by atoms with Crippen molar-refractivity contribution < 1.29 is 19.4 Å². The topological polar surface area (TPSA) is 96.7 Å². The second kappa shape index (κ2) is 9.44. The Hall–Kier alpha value is -3.81. The standard InChI is InChI=1S/C27H32N4O4/c1-17-14-23(29-31(17)16-20-8-6-7-9-22(20)35-5)28-25(32)19-10-11-21-18(15-19)12-13-30(26(33)34)24(21)27(2,3)4/h6-11,14-15,24H,12-13,16H2,1-5H3,(H,33,34)(H,28,29,32). The number of benzene rings is 2. The molecule has 2 N–H and O–H groups in total. The van der Waals surface area contributed by atoms with E-state index in [1.165, 1.54) is 4.90 Å². The number of aryl methyl sites for hydroxylation is 1. The molecular weight excluding hydrogens is 444 g/mol. The summed E-state index contributed by atoms with van der Waals surface area (Å²) in [7, 11) is 1.64. The van der Waals surface area contributed by atoms with Crippen molar-refractivity contribution in [2.45, 2.75) is 46.7 Å². The summed E-state index contributed by atoms with van der Waals surface area (Å²) in [6.07, 6.45) is -0.349. The second-order valence-electron chi connectivity index (χ2n) is 10.0. The quantitative estimate of drug-likeness (QED) is 0.533. The summed E-state index contributed by atoms with van der Waals surface area (Å²) in [4.78, 5) is 26.4. The van der Waals surface area contributed by atoms with Gasteiger partial charge in [-0.2, -0.15) is 5.10 Å². The van der Waals surface area contributed by atoms with Crippen LogP contribution in [0.15, 0.2) is 48.5 Å². The molecule has 2 heterocycles. The molecule has 0 saturated heterocycles. The molecule has 1 aromatic heterocycles. The van der Waals surface area contributed by atoms with Gasteiger partial charge < -0.3 is 20.1 Å². The number of carbonyl (C=O) groups excluding carboxylic acids is 1. The predicted molar refractivity (Wildman–Crippen MR) is 134 cm³/mol. The third-order valence-electron chi connectivity index (χ3n) is 6.43. The molecule has 0 radical (unpaired) electrons. The largest absolute Gasteiger partial charge is 0.496 e. The highest BCUT2D eigenvalue weighted by molar-refractivity contribution is 6.04. The smallest absolute Gasteiger partial charge is 0.407 e. The summed E-state index contributed by atoms with van der Waals surface area (Å²) in [6, 6.07) is 14.9. The van der Waals surface area contributed by atoms with Crippen LogP contribution in [-0.2, 0) is 13.0 Å². The summed E-state index contributed by atoms with van der Waals surface area (Å²) in [5.41, 5.74) is 4.13. The van der Waals surface area contributed by atoms with Crippen LogP contribution >= 0.6 is 0 Å². The Morgan fingerprint density at radius 3 is 2.60 bits per heavy atom. The molecule has 8 heteroatoms. The van der Waals surface area contributed by atoms with Crippen LogP contribution in [0.25, 0.3) is 0 Å². The van der Waals surface area contributed by atoms with Crippen LogP contribution in [0.2, 0.25) is 0 Å². The minimum Gasteiger partial charge on any atom is -0.496 e. The summed E-state index contributed by atoms with van der Waals surface area (Å²) >= 11 is 0. The summed E-state index contributed by atoms with van der Waals surface area (Å²) in [5, 5.41) is 17.2. The van der Waals surface area contributed by atoms with Gasteiger partial charge in [0.2, 0.25) is 0 Å². The van der Waals surface area contributed by atoms with Crippen molar-refractivity contribution in [3.8, 4) is 5.75 Å². The molecule has 35 heavy (non-hydrogen) atoms. The average molecular weight is 477 g/mol. The van der Waals surface area contributed by atoms with Crippen molar-refractivity contribution in [1.82, 2.24) is 14.7 Å². The van der Waals surface area contributed by atoms with E-state index in [2.05, 4.69) is 10.4 Å². The van der Waals surface area contributed by atoms with Crippen molar-refractivity contribution in [3.05, 3.63) is 76.5 Å². The minimum absolute atomic E-state index is 0.247. The van der Waals surface area contributed by atoms with Crippen LogP contribution in [-0.4, -0.2) is 45.4 Å². The molecule has 3 aromatic rings. The zero-order valence-electron chi connectivity index (χ0n) is 20.8. The van der Waals surface area contributed by atoms with Gasteiger partial charge in [0.25, 0.3) is 5.91 Å². The van der Waals surface area contributed by atoms with E-state index in [-0.39, 0.29) is 17.4 Å². The number of para-hydroxylation sites is 1. The Morgan fingerprint density at radius 1 is 1.17 bits per heavy atom. The Morgan fingerprint density at radius 2 is 1.91 bits per heavy atom. The fraction of sp³-hybridized carbons (Fsp3) is 0.370. The van der Waals surface area contributed by atoms with Crippen LogP contribution < -0.4 is 10.1 Å². The number of rotatable bonds is 5. The lowest BCUT2D eigenvalue weighted by Gasteiger charge is -2.43. The second-order valence-corrected chi connectivity index (χ2v) is 10.0. The molecule has 184 valence electrons. The summed E-state index contributed by atoms with van der Waals surface area (Å²) < 4.78 is 7.26. The number of carboxylic acid groups (broad SMARTS) is 1. The van der Waals surface area contributed by atoms with Crippen LogP contribution in [0.5, 0.6) is 5.75 Å². The Labute approximate surface area is 205 Å². The zero-order chi connectivity index (χ0) is 25.3. The fourth-order valence-corrected chi connectivity index (χ4v) is 4.82. The van der Waals surface area contributed by atoms with E-state index in [4.69, 9.17) is 4.74 Å². The van der Waals surface area contributed by atoms with E-state index in [0.29, 0.717) is 30.9 Å². The van der Waals surface area contributed by atoms with Gasteiger partial charge >= 0.3 is 6.09 Å². The number of aromatic nitrogens is 2. The third-order valence-corrected chi connectivity index (χ3v) is 6.43. The SMILES string of the molecule is COc1ccccc1Cn1nc(NC(=O)c2ccc3c(c2)CCN(C(=O)O)C3C(C)(C)C)cc1C. The Balaban J connectivity index is 1.54. The maximum absolute atomic E-state index is 13.0. The zero-order valence-corrected chi connectivity index (χ0v) is 20.8. The molecule has 0 bridgehead atoms. The molecule has 8 nitrogen and oxygen atoms in total. The van der Waals surface area contributed by atoms with Crippen molar-refractivity contribution in [2.24, 2.45) is 5.41 Å². The van der Waals surface area contributed by atoms with E-state index < -0.39 is 6.09 Å². The maximum Gasteiger partial charge on any atom is 0.407 e. The number of hydrogen-bond donors (Lipinski definition) is 2. The fourth-order valence-electron chi connectivity index (χ4n) is 4.82. The number of amides is 2. The maximum atomic E-state index is 13.0. The van der Waals surface area contributed by atoms with Crippen LogP contribution in [0.1, 0.15) is 59.6 Å². The average Bonchev–Trinajstić information content (AvgIpc) is 3.15. The molecule has 1 aliphatic rings. The molecule has 0 saturated carbocycles. The molecular formula is C27H32N4O4. The van der Waals surface area contributed by atoms with Gasteiger partial charge in [-0.05, 0) is 48.1 Å². The number of anilines is 1. The number of ether oxygens (including phenoxy) is 1. The van der Waals surface area contributed by atoms with E-state index in [1.807, 2.05) is 74.8 Å². The van der Waals surface area contributed by atoms with Crippen LogP contribution in [0, 0.1) is 12.3 Å². The number of nitrogens with zero attached hydrogens (tertiary/aromatic N) is 3. The van der Waals surface area contributed by atoms with E-state index in [1.54, 1.807) is 13.2 Å². The summed E-state index contributed by atoms with van der Waals surface area (Å²) in [6.45, 7) is 8.98. The normalized spacial score (nSPS) is 15.5. The highest BCUT2D eigenvalue weighted by Crippen LogP contribution is 2.42. The predicted octanol–water partition coefficient (Wildman–Crippen LogP) is 5.12. The first-order valence-corrected chi connectivity index (χ1v) is 11.7. The lowest BCUT2D eigenvalue weighted by Crippen LogP contribution is -2.44. The van der Waals surface area contributed by atoms with Gasteiger partial charge in [-0.15, -0.1) is 0 Å². The molecule has 0 aliphatic carbocycles. The van der Waals surface area contributed by atoms with E-state index in [0.717, 1.165) is 28.1 Å². The van der Waals surface area contributed by atoms with Gasteiger partial charge in [-0.1, -0.05) is 45.0 Å². The molecule has 1 aliphatic heterocycles. The lowest BCUT2D eigenvalue weighted by molar-refractivity contribution is 0.0758. The van der Waals surface area contributed by atoms with Gasteiger partial charge in [0.1, 0.15) is 5.75 Å². The number of hydrogen-bond acceptors (Lipinski definition) is 4. The molecule has 1 atom stereocenters. The van der Waals surface area contributed by atoms with Gasteiger partial charge in [-0.3, -0.25) is 9.48 Å². The summed E-state index contributed by atoms with van der Waals surface area (Å²) in [5.74, 6) is 1.02. The monoisotopic (exact) mass is 476 g/mol. The van der Waals surface area contributed by atoms with Crippen molar-refractivity contribution in [2.75, 3.05) is 19.0 Å². The van der Waals surface area contributed by atoms with Gasteiger partial charge in [-0.25, -0.2) is 4.79 Å². The van der Waals surface area contributed by atoms with Crippen LogP contribution in [0.3, 0.4) is 0 Å². The third kappa shape index (κ3) is 5.01. The lowest BCUT2D eigenvalue weighted by atomic mass is 9.77. The first-order chi connectivity index (χ1) is 16.6. The molecule has 0 fully saturated rings. The number of nitrogens with one attached hydrogen (secondary N) is 1. The van der Waals surface area contributed by atoms with Crippen LogP contribution in [0.4, 0.5) is 10.6 Å². The molecule has 4 rings (SSSR count). The minimum atomic E-state index is -0.920. The molecule has 2 aromatic carbocycles. The first kappa shape index (κ1) is 24.3. The highest BCUT2D eigenvalue weighted by atomic mass is 16.5.